The molecular formula is C14H30S. The summed E-state index contributed by atoms with van der Waals surface area (Å²) in [6, 6.07) is 0. The van der Waals surface area contributed by atoms with Crippen LogP contribution in [0.25, 0.3) is 0 Å². The summed E-state index contributed by atoms with van der Waals surface area (Å²) in [5.41, 5.74) is 0. The Kier molecular flexibility index (Phi) is 212. The lowest BCUT2D eigenvalue weighted by Crippen LogP contribution is -1.25. The maximum absolute atomic E-state index is 3.44. The molecule has 0 spiro atoms. The van der Waals surface area contributed by atoms with Crippen LogP contribution in [0.15, 0.2) is 49.3 Å². The number of rotatable bonds is 3. The van der Waals surface area contributed by atoms with Crippen molar-refractivity contribution in [2.45, 2.75) is 41.5 Å². The van der Waals surface area contributed by atoms with Crippen molar-refractivity contribution in [1.82, 2.24) is 0 Å². The van der Waals surface area contributed by atoms with Crippen molar-refractivity contribution in [2.24, 2.45) is 0 Å². The van der Waals surface area contributed by atoms with Crippen molar-refractivity contribution >= 4 is 11.8 Å². The summed E-state index contributed by atoms with van der Waals surface area (Å²) in [6.07, 6.45) is 3.28. The number of hydrogen-bond donors (Lipinski definition) is 0. The van der Waals surface area contributed by atoms with Gasteiger partial charge in [-0.2, -0.15) is 0 Å². The zero-order chi connectivity index (χ0) is 13.5. The highest BCUT2D eigenvalue weighted by atomic mass is 32.2. The van der Waals surface area contributed by atoms with Gasteiger partial charge in [0.15, 0.2) is 0 Å². The van der Waals surface area contributed by atoms with Gasteiger partial charge in [-0.15, -0.1) is 11.8 Å². The Bertz CT molecular complexity index is 81.5. The summed E-state index contributed by atoms with van der Waals surface area (Å²) < 4.78 is 0. The van der Waals surface area contributed by atoms with Gasteiger partial charge in [-0.1, -0.05) is 80.0 Å². The maximum atomic E-state index is 3.44. The van der Waals surface area contributed by atoms with Gasteiger partial charge in [-0.05, 0) is 10.8 Å². The molecule has 15 heavy (non-hydrogen) atoms. The molecule has 92 valence electrons. The van der Waals surface area contributed by atoms with Crippen molar-refractivity contribution in [1.29, 1.82) is 0 Å². The summed E-state index contributed by atoms with van der Waals surface area (Å²) in [4.78, 5) is 0. The Morgan fingerprint density at radius 2 is 0.800 bits per heavy atom. The fraction of sp³-hybridized carbons (Fsp3) is 0.429. The first kappa shape index (κ1) is 29.2. The third kappa shape index (κ3) is 319. The van der Waals surface area contributed by atoms with Crippen LogP contribution in [0.4, 0.5) is 0 Å². The molecule has 0 nitrogen and oxygen atoms in total. The molecule has 0 aliphatic rings. The van der Waals surface area contributed by atoms with E-state index in [1.54, 1.807) is 23.0 Å². The molecule has 0 rings (SSSR count). The highest BCUT2D eigenvalue weighted by molar-refractivity contribution is 8.04. The minimum atomic E-state index is 1.49. The van der Waals surface area contributed by atoms with Crippen molar-refractivity contribution in [3.63, 3.8) is 0 Å². The van der Waals surface area contributed by atoms with E-state index >= 15 is 0 Å². The van der Waals surface area contributed by atoms with Crippen LogP contribution in [0, 0.1) is 0 Å². The molecule has 0 aliphatic heterocycles. The number of allylic oxidation sites excluding steroid dienone is 2. The molecule has 0 fully saturated rings. The second kappa shape index (κ2) is 109. The molecule has 0 aliphatic carbocycles. The molecular weight excluding hydrogens is 200 g/mol. The third-order valence-electron chi connectivity index (χ3n) is 0.359. The maximum Gasteiger partial charge on any atom is -0.0320 e. The Labute approximate surface area is 103 Å². The van der Waals surface area contributed by atoms with Crippen LogP contribution >= 0.6 is 11.8 Å². The normalized spacial score (nSPS) is 4.67. The van der Waals surface area contributed by atoms with Gasteiger partial charge in [0.25, 0.3) is 0 Å². The van der Waals surface area contributed by atoms with E-state index in [0.29, 0.717) is 0 Å². The van der Waals surface area contributed by atoms with Crippen LogP contribution in [-0.2, 0) is 0 Å². The van der Waals surface area contributed by atoms with Crippen LogP contribution in [0.1, 0.15) is 41.5 Å². The molecule has 0 aromatic rings. The average Bonchev–Trinajstić information content (AvgIpc) is 2.38. The van der Waals surface area contributed by atoms with Crippen LogP contribution in [0.2, 0.25) is 0 Å². The smallest absolute Gasteiger partial charge is 0.0320 e. The van der Waals surface area contributed by atoms with E-state index in [4.69, 9.17) is 0 Å². The van der Waals surface area contributed by atoms with Gasteiger partial charge in [0.05, 0.1) is 0 Å². The Morgan fingerprint density at radius 1 is 0.600 bits per heavy atom. The lowest BCUT2D eigenvalue weighted by molar-refractivity contribution is 1.50. The molecule has 0 aromatic carbocycles. The molecule has 0 saturated carbocycles. The van der Waals surface area contributed by atoms with Crippen LogP contribution < -0.4 is 0 Å². The van der Waals surface area contributed by atoms with Crippen molar-refractivity contribution in [3.05, 3.63) is 49.3 Å². The average molecular weight is 230 g/mol. The standard InChI is InChI=1S/C4H6S.C4H6.3C2H6/c1-3-5-4-2;1-3-4-2;3*1-2/h3-4H,1-2H2;3-4H,1-2H2;3*1-2H3. The van der Waals surface area contributed by atoms with Gasteiger partial charge < -0.3 is 0 Å². The van der Waals surface area contributed by atoms with Crippen molar-refractivity contribution in [2.75, 3.05) is 0 Å². The molecule has 0 radical (unpaired) electrons. The molecule has 0 atom stereocenters. The quantitative estimate of drug-likeness (QED) is 0.502. The number of thioether (sulfide) groups is 1. The Hall–Kier alpha value is -0.690. The predicted octanol–water partition coefficient (Wildman–Crippen LogP) is 6.44. The third-order valence-corrected chi connectivity index (χ3v) is 0.744. The lowest BCUT2D eigenvalue weighted by atomic mass is 10.6. The highest BCUT2D eigenvalue weighted by Gasteiger charge is 1.52. The van der Waals surface area contributed by atoms with Gasteiger partial charge in [-0.25, -0.2) is 0 Å². The molecule has 0 unspecified atom stereocenters. The van der Waals surface area contributed by atoms with Gasteiger partial charge in [0.2, 0.25) is 0 Å². The van der Waals surface area contributed by atoms with E-state index < -0.39 is 0 Å². The first-order valence-electron chi connectivity index (χ1n) is 5.44. The first-order valence-corrected chi connectivity index (χ1v) is 6.38. The SMILES string of the molecule is C=CC=C.C=CSC=C.CC.CC.CC. The van der Waals surface area contributed by atoms with E-state index in [1.807, 2.05) is 41.5 Å². The number of hydrogen-bond acceptors (Lipinski definition) is 1. The zero-order valence-corrected chi connectivity index (χ0v) is 12.4. The summed E-state index contributed by atoms with van der Waals surface area (Å²) in [7, 11) is 0. The summed E-state index contributed by atoms with van der Waals surface area (Å²) in [5.74, 6) is 0. The minimum Gasteiger partial charge on any atom is -0.107 e. The zero-order valence-electron chi connectivity index (χ0n) is 11.5. The summed E-state index contributed by atoms with van der Waals surface area (Å²) in [6.45, 7) is 25.6. The molecule has 0 amide bonds. The lowest BCUT2D eigenvalue weighted by Gasteiger charge is -1.65. The van der Waals surface area contributed by atoms with Crippen LogP contribution in [0.3, 0.4) is 0 Å². The molecule has 0 saturated heterocycles. The van der Waals surface area contributed by atoms with Gasteiger partial charge in [0, 0.05) is 0 Å². The predicted molar refractivity (Wildman–Crippen MR) is 82.4 cm³/mol. The fourth-order valence-corrected chi connectivity index (χ4v) is 0.204. The Balaban J connectivity index is -0.0000000301. The van der Waals surface area contributed by atoms with E-state index in [-0.39, 0.29) is 0 Å². The second-order valence-electron chi connectivity index (χ2n) is 0.941. The highest BCUT2D eigenvalue weighted by Crippen LogP contribution is 1.96. The topological polar surface area (TPSA) is 0 Å². The van der Waals surface area contributed by atoms with E-state index in [0.717, 1.165) is 0 Å². The fourth-order valence-electron chi connectivity index (χ4n) is 0.0680. The van der Waals surface area contributed by atoms with E-state index in [2.05, 4.69) is 26.3 Å². The van der Waals surface area contributed by atoms with Gasteiger partial charge >= 0.3 is 0 Å². The molecule has 0 N–H and O–H groups in total. The van der Waals surface area contributed by atoms with Crippen molar-refractivity contribution < 1.29 is 0 Å². The monoisotopic (exact) mass is 230 g/mol. The van der Waals surface area contributed by atoms with Crippen LogP contribution in [0.5, 0.6) is 0 Å². The first-order chi connectivity index (χ1) is 7.33. The van der Waals surface area contributed by atoms with Gasteiger partial charge in [0.1, 0.15) is 0 Å². The van der Waals surface area contributed by atoms with E-state index in [9.17, 15) is 0 Å². The minimum absolute atomic E-state index is 1.49. The van der Waals surface area contributed by atoms with E-state index in [1.165, 1.54) is 11.8 Å². The molecule has 0 aromatic heterocycles. The van der Waals surface area contributed by atoms with Crippen molar-refractivity contribution in [3.8, 4) is 0 Å². The Morgan fingerprint density at radius 3 is 0.800 bits per heavy atom. The summed E-state index contributed by atoms with van der Waals surface area (Å²) in [5, 5.41) is 3.46. The van der Waals surface area contributed by atoms with Gasteiger partial charge in [-0.3, -0.25) is 0 Å². The molecule has 0 bridgehead atoms. The largest absolute Gasteiger partial charge is 0.107 e. The molecule has 1 heteroatoms. The van der Waals surface area contributed by atoms with Crippen LogP contribution in [-0.4, -0.2) is 0 Å². The second-order valence-corrected chi connectivity index (χ2v) is 1.88. The molecule has 0 heterocycles. The summed E-state index contributed by atoms with van der Waals surface area (Å²) >= 11 is 1.49.